The lowest BCUT2D eigenvalue weighted by Crippen LogP contribution is -2.37. The van der Waals surface area contributed by atoms with E-state index in [-0.39, 0.29) is 22.4 Å². The molecule has 1 unspecified atom stereocenters. The SMILES string of the molecule is CN1CCCC1CCNC(=O)c1cn2c3c(c(NCCCN4CCOCC4)c(F)cc3c1=O)Oc1cc3ccccc3cc1-2. The van der Waals surface area contributed by atoms with Gasteiger partial charge in [0.25, 0.3) is 5.91 Å². The van der Waals surface area contributed by atoms with E-state index in [0.29, 0.717) is 36.1 Å². The van der Waals surface area contributed by atoms with Crippen molar-refractivity contribution in [2.45, 2.75) is 31.7 Å². The predicted octanol–water partition coefficient (Wildman–Crippen LogP) is 4.74. The number of ether oxygens (including phenoxy) is 2. The van der Waals surface area contributed by atoms with Crippen LogP contribution in [0.2, 0.25) is 0 Å². The van der Waals surface area contributed by atoms with Crippen LogP contribution in [0.3, 0.4) is 0 Å². The number of fused-ring (bicyclic) bond motifs is 3. The lowest BCUT2D eigenvalue weighted by molar-refractivity contribution is 0.0378. The van der Waals surface area contributed by atoms with Crippen LogP contribution in [0.4, 0.5) is 10.1 Å². The Labute approximate surface area is 255 Å². The molecule has 0 aliphatic carbocycles. The molecule has 2 saturated heterocycles. The number of carbonyl (C=O) groups is 1. The molecule has 4 heterocycles. The fourth-order valence-corrected chi connectivity index (χ4v) is 6.76. The van der Waals surface area contributed by atoms with Crippen molar-refractivity contribution in [2.24, 2.45) is 0 Å². The van der Waals surface area contributed by atoms with Crippen molar-refractivity contribution in [3.05, 3.63) is 70.3 Å². The van der Waals surface area contributed by atoms with E-state index in [1.807, 2.05) is 41.0 Å². The summed E-state index contributed by atoms with van der Waals surface area (Å²) in [6.45, 7) is 6.17. The number of aromatic nitrogens is 1. The Hall–Kier alpha value is -3.99. The Morgan fingerprint density at radius 1 is 1.07 bits per heavy atom. The van der Waals surface area contributed by atoms with Gasteiger partial charge in [-0.25, -0.2) is 4.39 Å². The monoisotopic (exact) mass is 599 g/mol. The maximum Gasteiger partial charge on any atom is 0.256 e. The summed E-state index contributed by atoms with van der Waals surface area (Å²) in [5, 5.41) is 8.27. The molecule has 1 atom stereocenters. The van der Waals surface area contributed by atoms with Crippen molar-refractivity contribution in [2.75, 3.05) is 64.8 Å². The second kappa shape index (κ2) is 12.2. The Balaban J connectivity index is 1.25. The van der Waals surface area contributed by atoms with Crippen LogP contribution in [-0.4, -0.2) is 85.8 Å². The summed E-state index contributed by atoms with van der Waals surface area (Å²) in [5.74, 6) is -0.266. The minimum atomic E-state index is -0.589. The van der Waals surface area contributed by atoms with Gasteiger partial charge >= 0.3 is 0 Å². The van der Waals surface area contributed by atoms with Crippen LogP contribution < -0.4 is 20.8 Å². The lowest BCUT2D eigenvalue weighted by Gasteiger charge is -2.28. The minimum absolute atomic E-state index is 0.0187. The summed E-state index contributed by atoms with van der Waals surface area (Å²) >= 11 is 0. The van der Waals surface area contributed by atoms with E-state index in [2.05, 4.69) is 27.5 Å². The van der Waals surface area contributed by atoms with Crippen LogP contribution in [-0.2, 0) is 4.74 Å². The van der Waals surface area contributed by atoms with E-state index in [1.165, 1.54) is 6.07 Å². The average molecular weight is 600 g/mol. The van der Waals surface area contributed by atoms with Crippen molar-refractivity contribution in [3.63, 3.8) is 0 Å². The van der Waals surface area contributed by atoms with Crippen LogP contribution in [0.1, 0.15) is 36.0 Å². The molecule has 3 aliphatic rings. The van der Waals surface area contributed by atoms with Gasteiger partial charge in [0.1, 0.15) is 16.8 Å². The van der Waals surface area contributed by atoms with E-state index < -0.39 is 17.2 Å². The molecule has 230 valence electrons. The molecule has 2 N–H and O–H groups in total. The van der Waals surface area contributed by atoms with Crippen LogP contribution >= 0.6 is 0 Å². The molecule has 3 aromatic carbocycles. The third kappa shape index (κ3) is 5.42. The smallest absolute Gasteiger partial charge is 0.256 e. The molecule has 3 aliphatic heterocycles. The van der Waals surface area contributed by atoms with E-state index in [4.69, 9.17) is 9.47 Å². The van der Waals surface area contributed by atoms with Gasteiger partial charge in [0.2, 0.25) is 5.43 Å². The standard InChI is InChI=1S/C34H38FN5O4/c1-38-12-4-8-24(38)9-11-37-34(42)26-21-40-28-18-22-6-2-3-7-23(22)19-29(28)44-33-30(27(35)20-25(31(33)40)32(26)41)36-10-5-13-39-14-16-43-17-15-39/h2-3,6-7,18-21,24,36H,4-5,8-17H2,1H3,(H,37,42). The summed E-state index contributed by atoms with van der Waals surface area (Å²) in [6, 6.07) is 13.5. The maximum atomic E-state index is 15.8. The quantitative estimate of drug-likeness (QED) is 0.237. The molecule has 44 heavy (non-hydrogen) atoms. The van der Waals surface area contributed by atoms with Gasteiger partial charge in [-0.05, 0) is 74.8 Å². The Bertz CT molecular complexity index is 1780. The third-order valence-corrected chi connectivity index (χ3v) is 9.23. The Morgan fingerprint density at radius 3 is 2.64 bits per heavy atom. The number of anilines is 1. The highest BCUT2D eigenvalue weighted by atomic mass is 19.1. The number of morpholine rings is 1. The number of amides is 1. The summed E-state index contributed by atoms with van der Waals surface area (Å²) < 4.78 is 29.5. The molecule has 7 rings (SSSR count). The first-order chi connectivity index (χ1) is 21.5. The first-order valence-electron chi connectivity index (χ1n) is 15.6. The number of carbonyl (C=O) groups excluding carboxylic acids is 1. The fraction of sp³-hybridized carbons (Fsp3) is 0.412. The van der Waals surface area contributed by atoms with Gasteiger partial charge in [0, 0.05) is 38.4 Å². The van der Waals surface area contributed by atoms with E-state index >= 15 is 4.39 Å². The topological polar surface area (TPSA) is 88.1 Å². The van der Waals surface area contributed by atoms with E-state index in [9.17, 15) is 9.59 Å². The van der Waals surface area contributed by atoms with Gasteiger partial charge < -0.3 is 29.6 Å². The van der Waals surface area contributed by atoms with Gasteiger partial charge in [-0.3, -0.25) is 14.5 Å². The van der Waals surface area contributed by atoms with Crippen molar-refractivity contribution in [1.29, 1.82) is 0 Å². The van der Waals surface area contributed by atoms with Crippen molar-refractivity contribution < 1.29 is 18.7 Å². The second-order valence-electron chi connectivity index (χ2n) is 12.0. The van der Waals surface area contributed by atoms with Crippen LogP contribution in [0.5, 0.6) is 11.5 Å². The number of pyridine rings is 1. The molecule has 0 spiro atoms. The van der Waals surface area contributed by atoms with Gasteiger partial charge in [-0.1, -0.05) is 24.3 Å². The summed E-state index contributed by atoms with van der Waals surface area (Å²) in [4.78, 5) is 31.8. The average Bonchev–Trinajstić information content (AvgIpc) is 3.45. The second-order valence-corrected chi connectivity index (χ2v) is 12.0. The van der Waals surface area contributed by atoms with Gasteiger partial charge in [-0.2, -0.15) is 0 Å². The summed E-state index contributed by atoms with van der Waals surface area (Å²) in [5.41, 5.74) is 0.810. The highest BCUT2D eigenvalue weighted by Crippen LogP contribution is 2.46. The van der Waals surface area contributed by atoms with Crippen LogP contribution in [0.25, 0.3) is 27.4 Å². The molecule has 1 amide bonds. The van der Waals surface area contributed by atoms with Gasteiger partial charge in [-0.15, -0.1) is 0 Å². The van der Waals surface area contributed by atoms with Crippen molar-refractivity contribution >= 4 is 33.3 Å². The molecule has 2 fully saturated rings. The van der Waals surface area contributed by atoms with Crippen LogP contribution in [0, 0.1) is 5.82 Å². The Morgan fingerprint density at radius 2 is 1.86 bits per heavy atom. The number of halogens is 1. The van der Waals surface area contributed by atoms with Crippen molar-refractivity contribution in [3.8, 4) is 17.2 Å². The molecular formula is C34H38FN5O4. The molecule has 10 heteroatoms. The minimum Gasteiger partial charge on any atom is -0.451 e. The highest BCUT2D eigenvalue weighted by molar-refractivity contribution is 6.02. The molecular weight excluding hydrogens is 561 g/mol. The van der Waals surface area contributed by atoms with Gasteiger partial charge in [0.15, 0.2) is 17.3 Å². The zero-order chi connectivity index (χ0) is 30.2. The van der Waals surface area contributed by atoms with Crippen molar-refractivity contribution in [1.82, 2.24) is 19.7 Å². The normalized spacial score (nSPS) is 18.4. The largest absolute Gasteiger partial charge is 0.451 e. The first-order valence-corrected chi connectivity index (χ1v) is 15.6. The summed E-state index contributed by atoms with van der Waals surface area (Å²) in [7, 11) is 2.10. The molecule has 0 saturated carbocycles. The molecule has 4 aromatic rings. The van der Waals surface area contributed by atoms with Gasteiger partial charge in [0.05, 0.1) is 24.3 Å². The lowest BCUT2D eigenvalue weighted by atomic mass is 10.0. The highest BCUT2D eigenvalue weighted by Gasteiger charge is 2.29. The number of nitrogens with zero attached hydrogens (tertiary/aromatic N) is 3. The molecule has 0 radical (unpaired) electrons. The molecule has 9 nitrogen and oxygen atoms in total. The van der Waals surface area contributed by atoms with E-state index in [0.717, 1.165) is 75.8 Å². The number of nitrogens with one attached hydrogen (secondary N) is 2. The van der Waals surface area contributed by atoms with Crippen LogP contribution in [0.15, 0.2) is 53.5 Å². The predicted molar refractivity (Wildman–Crippen MR) is 170 cm³/mol. The zero-order valence-electron chi connectivity index (χ0n) is 25.0. The number of hydrogen-bond acceptors (Lipinski definition) is 7. The number of likely N-dealkylation sites (tertiary alicyclic amines) is 1. The number of hydrogen-bond donors (Lipinski definition) is 2. The Kier molecular flexibility index (Phi) is 7.97. The maximum absolute atomic E-state index is 15.8. The fourth-order valence-electron chi connectivity index (χ4n) is 6.76. The molecule has 1 aromatic heterocycles. The molecule has 0 bridgehead atoms. The third-order valence-electron chi connectivity index (χ3n) is 9.23. The number of rotatable bonds is 9. The number of benzene rings is 3. The summed E-state index contributed by atoms with van der Waals surface area (Å²) in [6.07, 6.45) is 5.46. The zero-order valence-corrected chi connectivity index (χ0v) is 25.0. The first kappa shape index (κ1) is 28.8. The van der Waals surface area contributed by atoms with E-state index in [1.54, 1.807) is 6.20 Å².